The lowest BCUT2D eigenvalue weighted by Crippen LogP contribution is -2.04. The highest BCUT2D eigenvalue weighted by atomic mass is 32.7. The molecule has 50 valence electrons. The quantitative estimate of drug-likeness (QED) is 0.604. The minimum atomic E-state index is -3.00. The first-order valence-electron chi connectivity index (χ1n) is 2.07. The summed E-state index contributed by atoms with van der Waals surface area (Å²) in [5.41, 5.74) is 0. The second kappa shape index (κ2) is 2.87. The molecule has 0 aromatic carbocycles. The number of nitrogens with zero attached hydrogens (tertiary/aromatic N) is 1. The van der Waals surface area contributed by atoms with Crippen molar-refractivity contribution in [2.24, 2.45) is 0 Å². The SMILES string of the molecule is CSP(=O)(O)N(C)C. The van der Waals surface area contributed by atoms with Crippen LogP contribution in [0.5, 0.6) is 0 Å². The van der Waals surface area contributed by atoms with Gasteiger partial charge < -0.3 is 4.89 Å². The summed E-state index contributed by atoms with van der Waals surface area (Å²) in [5, 5.41) is 0. The Labute approximate surface area is 53.3 Å². The smallest absolute Gasteiger partial charge is 0.325 e. The van der Waals surface area contributed by atoms with Gasteiger partial charge >= 0.3 is 6.72 Å². The van der Waals surface area contributed by atoms with Crippen molar-refractivity contribution in [3.63, 3.8) is 0 Å². The first kappa shape index (κ1) is 8.50. The van der Waals surface area contributed by atoms with Crippen LogP contribution in [0.25, 0.3) is 0 Å². The van der Waals surface area contributed by atoms with Crippen molar-refractivity contribution in [3.8, 4) is 0 Å². The molecule has 0 aliphatic carbocycles. The largest absolute Gasteiger partial charge is 0.326 e. The molecule has 0 heterocycles. The van der Waals surface area contributed by atoms with Crippen LogP contribution in [0.4, 0.5) is 0 Å². The molecule has 0 spiro atoms. The standard InChI is InChI=1S/C3H10NO2PS/c1-4(2)7(5,6)8-3/h1-3H3,(H,5,6). The fourth-order valence-electron chi connectivity index (χ4n) is 0.163. The number of hydrogen-bond donors (Lipinski definition) is 1. The van der Waals surface area contributed by atoms with Gasteiger partial charge in [0.2, 0.25) is 0 Å². The van der Waals surface area contributed by atoms with Crippen LogP contribution < -0.4 is 0 Å². The summed E-state index contributed by atoms with van der Waals surface area (Å²) in [5.74, 6) is 0. The van der Waals surface area contributed by atoms with Crippen LogP contribution in [0.15, 0.2) is 0 Å². The Bertz CT molecular complexity index is 116. The van der Waals surface area contributed by atoms with Crippen molar-refractivity contribution < 1.29 is 9.46 Å². The third-order valence-corrected chi connectivity index (χ3v) is 4.64. The zero-order valence-corrected chi connectivity index (χ0v) is 6.87. The number of rotatable bonds is 2. The van der Waals surface area contributed by atoms with Crippen molar-refractivity contribution in [2.45, 2.75) is 0 Å². The van der Waals surface area contributed by atoms with E-state index in [1.54, 1.807) is 20.4 Å². The highest BCUT2D eigenvalue weighted by molar-refractivity contribution is 8.55. The van der Waals surface area contributed by atoms with Gasteiger partial charge in [-0.05, 0) is 20.4 Å². The molecule has 0 fully saturated rings. The predicted octanol–water partition coefficient (Wildman–Crippen LogP) is 1.01. The van der Waals surface area contributed by atoms with Crippen molar-refractivity contribution >= 4 is 18.1 Å². The van der Waals surface area contributed by atoms with Crippen LogP contribution >= 0.6 is 18.1 Å². The van der Waals surface area contributed by atoms with Crippen molar-refractivity contribution in [2.75, 3.05) is 20.4 Å². The Hall–Kier alpha value is 0.500. The molecule has 0 bridgehead atoms. The molecule has 3 nitrogen and oxygen atoms in total. The normalized spacial score (nSPS) is 18.6. The summed E-state index contributed by atoms with van der Waals surface area (Å²) in [6.07, 6.45) is 1.61. The highest BCUT2D eigenvalue weighted by Gasteiger charge is 2.17. The average molecular weight is 155 g/mol. The van der Waals surface area contributed by atoms with E-state index in [4.69, 9.17) is 4.89 Å². The van der Waals surface area contributed by atoms with E-state index in [1.165, 1.54) is 4.67 Å². The maximum atomic E-state index is 10.7. The van der Waals surface area contributed by atoms with Crippen LogP contribution in [0.1, 0.15) is 0 Å². The summed E-state index contributed by atoms with van der Waals surface area (Å²) in [6.45, 7) is -3.00. The second-order valence-electron chi connectivity index (χ2n) is 1.52. The average Bonchev–Trinajstić information content (AvgIpc) is 1.67. The Morgan fingerprint density at radius 3 is 2.00 bits per heavy atom. The molecular weight excluding hydrogens is 145 g/mol. The first-order valence-corrected chi connectivity index (χ1v) is 5.51. The van der Waals surface area contributed by atoms with Gasteiger partial charge in [-0.1, -0.05) is 11.4 Å². The molecule has 0 aromatic rings. The Balaban J connectivity index is 3.93. The van der Waals surface area contributed by atoms with E-state index in [-0.39, 0.29) is 0 Å². The molecule has 0 radical (unpaired) electrons. The van der Waals surface area contributed by atoms with Crippen LogP contribution in [-0.4, -0.2) is 29.9 Å². The van der Waals surface area contributed by atoms with Gasteiger partial charge in [0.05, 0.1) is 0 Å². The van der Waals surface area contributed by atoms with E-state index in [0.717, 1.165) is 11.4 Å². The Morgan fingerprint density at radius 2 is 2.00 bits per heavy atom. The molecule has 0 rings (SSSR count). The predicted molar refractivity (Wildman–Crippen MR) is 37.0 cm³/mol. The summed E-state index contributed by atoms with van der Waals surface area (Å²) in [4.78, 5) is 8.84. The van der Waals surface area contributed by atoms with Gasteiger partial charge in [-0.2, -0.15) is 0 Å². The molecular formula is C3H10NO2PS. The van der Waals surface area contributed by atoms with Gasteiger partial charge in [0.25, 0.3) is 0 Å². The number of hydrogen-bond acceptors (Lipinski definition) is 2. The van der Waals surface area contributed by atoms with Crippen molar-refractivity contribution in [3.05, 3.63) is 0 Å². The fourth-order valence-corrected chi connectivity index (χ4v) is 1.47. The molecule has 5 heteroatoms. The van der Waals surface area contributed by atoms with E-state index in [2.05, 4.69) is 0 Å². The van der Waals surface area contributed by atoms with Crippen LogP contribution in [0.2, 0.25) is 0 Å². The molecule has 0 aromatic heterocycles. The second-order valence-corrected chi connectivity index (χ2v) is 6.19. The maximum absolute atomic E-state index is 10.7. The Kier molecular flexibility index (Phi) is 3.05. The van der Waals surface area contributed by atoms with E-state index in [9.17, 15) is 4.57 Å². The van der Waals surface area contributed by atoms with Gasteiger partial charge in [-0.15, -0.1) is 0 Å². The van der Waals surface area contributed by atoms with Crippen molar-refractivity contribution in [1.29, 1.82) is 0 Å². The van der Waals surface area contributed by atoms with E-state index < -0.39 is 6.72 Å². The summed E-state index contributed by atoms with van der Waals surface area (Å²) < 4.78 is 12.0. The van der Waals surface area contributed by atoms with Gasteiger partial charge in [0.1, 0.15) is 0 Å². The summed E-state index contributed by atoms with van der Waals surface area (Å²) >= 11 is 0.972. The maximum Gasteiger partial charge on any atom is 0.325 e. The summed E-state index contributed by atoms with van der Waals surface area (Å²) in [6, 6.07) is 0. The van der Waals surface area contributed by atoms with E-state index in [0.29, 0.717) is 0 Å². The molecule has 1 atom stereocenters. The van der Waals surface area contributed by atoms with Crippen LogP contribution in [0, 0.1) is 0 Å². The molecule has 0 aliphatic heterocycles. The lowest BCUT2D eigenvalue weighted by molar-refractivity contribution is 0.433. The van der Waals surface area contributed by atoms with Gasteiger partial charge in [-0.3, -0.25) is 4.57 Å². The molecule has 0 saturated carbocycles. The van der Waals surface area contributed by atoms with Crippen LogP contribution in [0.3, 0.4) is 0 Å². The molecule has 0 amide bonds. The zero-order chi connectivity index (χ0) is 6.78. The first-order chi connectivity index (χ1) is 3.50. The van der Waals surface area contributed by atoms with E-state index in [1.807, 2.05) is 0 Å². The molecule has 1 unspecified atom stereocenters. The lowest BCUT2D eigenvalue weighted by Gasteiger charge is -2.14. The highest BCUT2D eigenvalue weighted by Crippen LogP contribution is 2.54. The molecule has 0 saturated heterocycles. The van der Waals surface area contributed by atoms with Gasteiger partial charge in [-0.25, -0.2) is 4.67 Å². The topological polar surface area (TPSA) is 40.5 Å². The van der Waals surface area contributed by atoms with Gasteiger partial charge in [0.15, 0.2) is 0 Å². The third-order valence-electron chi connectivity index (χ3n) is 0.743. The lowest BCUT2D eigenvalue weighted by atomic mass is 11.3. The van der Waals surface area contributed by atoms with E-state index >= 15 is 0 Å². The minimum absolute atomic E-state index is 0.972. The molecule has 0 aliphatic rings. The summed E-state index contributed by atoms with van der Waals surface area (Å²) in [7, 11) is 3.16. The third kappa shape index (κ3) is 2.18. The van der Waals surface area contributed by atoms with Gasteiger partial charge in [0, 0.05) is 0 Å². The monoisotopic (exact) mass is 155 g/mol. The van der Waals surface area contributed by atoms with Crippen molar-refractivity contribution in [1.82, 2.24) is 4.67 Å². The molecule has 1 N–H and O–H groups in total. The van der Waals surface area contributed by atoms with Crippen LogP contribution in [-0.2, 0) is 4.57 Å². The fraction of sp³-hybridized carbons (Fsp3) is 1.00. The Morgan fingerprint density at radius 1 is 1.62 bits per heavy atom. The minimum Gasteiger partial charge on any atom is -0.326 e. The molecule has 8 heavy (non-hydrogen) atoms. The zero-order valence-electron chi connectivity index (χ0n) is 5.16.